The van der Waals surface area contributed by atoms with Crippen LogP contribution in [0.1, 0.15) is 15.9 Å². The molecule has 2 aliphatic rings. The van der Waals surface area contributed by atoms with Gasteiger partial charge in [-0.2, -0.15) is 5.10 Å². The Morgan fingerprint density at radius 1 is 1.39 bits per heavy atom. The molecule has 2 aromatic rings. The van der Waals surface area contributed by atoms with Crippen LogP contribution in [0.3, 0.4) is 0 Å². The van der Waals surface area contributed by atoms with Crippen LogP contribution in [0.15, 0.2) is 17.6 Å². The molecule has 122 valence electrons. The van der Waals surface area contributed by atoms with Crippen LogP contribution in [0.4, 0.5) is 5.82 Å². The molecule has 0 aliphatic carbocycles. The minimum atomic E-state index is -2.60. The van der Waals surface area contributed by atoms with Crippen LogP contribution in [-0.2, 0) is 4.74 Å². The molecule has 0 bridgehead atoms. The fourth-order valence-electron chi connectivity index (χ4n) is 2.94. The van der Waals surface area contributed by atoms with Crippen molar-refractivity contribution in [3.05, 3.63) is 18.1 Å². The van der Waals surface area contributed by atoms with E-state index >= 15 is 0 Å². The van der Waals surface area contributed by atoms with Crippen molar-refractivity contribution in [3.8, 4) is 0 Å². The van der Waals surface area contributed by atoms with Crippen molar-refractivity contribution in [2.24, 2.45) is 10.8 Å². The average molecular weight is 324 g/mol. The summed E-state index contributed by atoms with van der Waals surface area (Å²) in [5.41, 5.74) is 6.56. The van der Waals surface area contributed by atoms with E-state index in [0.717, 1.165) is 11.3 Å². The monoisotopic (exact) mass is 324 g/mol. The fraction of sp³-hybridized carbons (Fsp3) is 0.462. The fourth-order valence-corrected chi connectivity index (χ4v) is 2.94. The molecule has 0 amide bonds. The summed E-state index contributed by atoms with van der Waals surface area (Å²) in [6, 6.07) is 0. The first-order chi connectivity index (χ1) is 12.2. The molecule has 4 atom stereocenters. The molecule has 4 heterocycles. The largest absolute Gasteiger partial charge is 0.394 e. The third-order valence-corrected chi connectivity index (χ3v) is 4.06. The molecule has 0 unspecified atom stereocenters. The van der Waals surface area contributed by atoms with E-state index in [4.69, 9.17) is 14.6 Å². The Bertz CT molecular complexity index is 900. The Labute approximate surface area is 134 Å². The summed E-state index contributed by atoms with van der Waals surface area (Å²) in [4.78, 5) is 8.16. The smallest absolute Gasteiger partial charge is 0.164 e. The summed E-state index contributed by atoms with van der Waals surface area (Å²) >= 11 is 0. The molecule has 0 saturated carbocycles. The van der Waals surface area contributed by atoms with Crippen LogP contribution in [0.5, 0.6) is 0 Å². The number of rotatable bonds is 2. The third kappa shape index (κ3) is 1.86. The maximum absolute atomic E-state index is 10.3. The molecule has 0 radical (unpaired) electrons. The Kier molecular flexibility index (Phi) is 2.39. The van der Waals surface area contributed by atoms with Crippen LogP contribution in [0.2, 0.25) is 0 Å². The highest BCUT2D eigenvalue weighted by molar-refractivity contribution is 6.13. The molecular weight excluding hydrogens is 305 g/mol. The number of hydrazone groups is 1. The number of nitrogens with two attached hydrogens (primary N) is 1. The van der Waals surface area contributed by atoms with Crippen LogP contribution >= 0.6 is 0 Å². The Morgan fingerprint density at radius 3 is 2.91 bits per heavy atom. The molecule has 2 aromatic heterocycles. The lowest BCUT2D eigenvalue weighted by Gasteiger charge is -2.19. The Morgan fingerprint density at radius 2 is 2.22 bits per heavy atom. The molecular formula is C13H16N6O4. The van der Waals surface area contributed by atoms with Gasteiger partial charge in [0.05, 0.1) is 12.0 Å². The summed E-state index contributed by atoms with van der Waals surface area (Å²) in [5.74, 6) is -0.0105. The molecule has 10 heteroatoms. The Hall–Kier alpha value is -2.27. The van der Waals surface area contributed by atoms with E-state index in [2.05, 4.69) is 15.1 Å². The zero-order valence-corrected chi connectivity index (χ0v) is 11.7. The minimum absolute atomic E-state index is 0.0460. The first-order valence-corrected chi connectivity index (χ1v) is 6.86. The van der Waals surface area contributed by atoms with Gasteiger partial charge >= 0.3 is 0 Å². The number of amidine groups is 1. The van der Waals surface area contributed by atoms with Gasteiger partial charge in [0.25, 0.3) is 0 Å². The summed E-state index contributed by atoms with van der Waals surface area (Å²) in [7, 11) is 0. The number of hydrogen-bond donors (Lipinski definition) is 4. The SMILES string of the molecule is [2H][13C]([2H])([2H])N1N=C(N)c2cn([C@@H]3O[C@H](CO)[C@@H](O)[C@H]3O)c3ncnc1c23. The van der Waals surface area contributed by atoms with Crippen molar-refractivity contribution < 1.29 is 24.2 Å². The van der Waals surface area contributed by atoms with Gasteiger partial charge < -0.3 is 30.4 Å². The second-order valence-electron chi connectivity index (χ2n) is 5.37. The van der Waals surface area contributed by atoms with E-state index in [-0.39, 0.29) is 17.3 Å². The highest BCUT2D eigenvalue weighted by Crippen LogP contribution is 2.36. The summed E-state index contributed by atoms with van der Waals surface area (Å²) < 4.78 is 29.8. The van der Waals surface area contributed by atoms with Gasteiger partial charge in [-0.1, -0.05) is 0 Å². The normalized spacial score (nSPS) is 32.6. The molecule has 1 fully saturated rings. The number of anilines is 1. The van der Waals surface area contributed by atoms with E-state index in [1.165, 1.54) is 10.8 Å². The molecule has 4 rings (SSSR count). The van der Waals surface area contributed by atoms with E-state index in [1.54, 1.807) is 0 Å². The molecule has 23 heavy (non-hydrogen) atoms. The molecule has 0 aromatic carbocycles. The predicted molar refractivity (Wildman–Crippen MR) is 79.7 cm³/mol. The van der Waals surface area contributed by atoms with Crippen LogP contribution in [-0.4, -0.2) is 67.6 Å². The molecule has 0 spiro atoms. The molecule has 10 nitrogen and oxygen atoms in total. The minimum Gasteiger partial charge on any atom is -0.394 e. The van der Waals surface area contributed by atoms with Crippen LogP contribution in [0, 0.1) is 0 Å². The van der Waals surface area contributed by atoms with Gasteiger partial charge in [-0.05, 0) is 0 Å². The molecule has 1 saturated heterocycles. The maximum Gasteiger partial charge on any atom is 0.164 e. The van der Waals surface area contributed by atoms with E-state index < -0.39 is 38.1 Å². The number of aromatic nitrogens is 3. The quantitative estimate of drug-likeness (QED) is 0.470. The predicted octanol–water partition coefficient (Wildman–Crippen LogP) is -1.89. The Balaban J connectivity index is 1.89. The van der Waals surface area contributed by atoms with E-state index in [0.29, 0.717) is 10.9 Å². The van der Waals surface area contributed by atoms with Gasteiger partial charge in [0, 0.05) is 22.8 Å². The summed E-state index contributed by atoms with van der Waals surface area (Å²) in [5, 5.41) is 34.5. The lowest BCUT2D eigenvalue weighted by molar-refractivity contribution is -0.0508. The average Bonchev–Trinajstić information content (AvgIpc) is 3.10. The first-order valence-electron chi connectivity index (χ1n) is 8.36. The van der Waals surface area contributed by atoms with Crippen molar-refractivity contribution in [1.82, 2.24) is 14.5 Å². The standard InChI is InChI=1S/C13H16N6O4/c1-18-11-7-5(10(14)17-18)2-19(12(7)16-4-15-11)13-9(22)8(21)6(3-20)23-13/h2,4,6,8-9,13,20-22H,3H2,1H3,(H2,14,17)/t6-,8-,9-,13-/m1/s1/i1+1D3. The van der Waals surface area contributed by atoms with Gasteiger partial charge in [-0.25, -0.2) is 15.0 Å². The highest BCUT2D eigenvalue weighted by atomic mass is 16.6. The number of aliphatic hydroxyl groups excluding tert-OH is 3. The van der Waals surface area contributed by atoms with E-state index in [1.807, 2.05) is 0 Å². The van der Waals surface area contributed by atoms with Gasteiger partial charge in [-0.3, -0.25) is 0 Å². The summed E-state index contributed by atoms with van der Waals surface area (Å²) in [6.45, 7) is -3.08. The van der Waals surface area contributed by atoms with Crippen molar-refractivity contribution in [2.45, 2.75) is 24.5 Å². The third-order valence-electron chi connectivity index (χ3n) is 4.06. The number of ether oxygens (including phenoxy) is 1. The van der Waals surface area contributed by atoms with Crippen molar-refractivity contribution in [1.29, 1.82) is 0 Å². The van der Waals surface area contributed by atoms with E-state index in [9.17, 15) is 15.3 Å². The topological polar surface area (TPSA) is 142 Å². The summed E-state index contributed by atoms with van der Waals surface area (Å²) in [6.07, 6.45) is -1.97. The second kappa shape index (κ2) is 4.86. The van der Waals surface area contributed by atoms with Gasteiger partial charge in [0.15, 0.2) is 17.9 Å². The molecule has 5 N–H and O–H groups in total. The van der Waals surface area contributed by atoms with Gasteiger partial charge in [0.2, 0.25) is 0 Å². The number of hydrogen-bond acceptors (Lipinski definition) is 9. The van der Waals surface area contributed by atoms with Gasteiger partial charge in [-0.15, -0.1) is 0 Å². The lowest BCUT2D eigenvalue weighted by Crippen LogP contribution is -2.33. The maximum atomic E-state index is 10.3. The number of aliphatic hydroxyl groups is 3. The van der Waals surface area contributed by atoms with Crippen molar-refractivity contribution >= 4 is 22.7 Å². The van der Waals surface area contributed by atoms with Crippen molar-refractivity contribution in [2.75, 3.05) is 18.6 Å². The van der Waals surface area contributed by atoms with Crippen LogP contribution in [0.25, 0.3) is 11.0 Å². The van der Waals surface area contributed by atoms with Crippen molar-refractivity contribution in [3.63, 3.8) is 0 Å². The highest BCUT2D eigenvalue weighted by Gasteiger charge is 2.44. The number of nitrogens with zero attached hydrogens (tertiary/aromatic N) is 5. The first kappa shape index (κ1) is 11.3. The van der Waals surface area contributed by atoms with Gasteiger partial charge in [0.1, 0.15) is 30.3 Å². The molecule has 2 aliphatic heterocycles. The second-order valence-corrected chi connectivity index (χ2v) is 5.37. The zero-order valence-electron chi connectivity index (χ0n) is 14.7. The lowest BCUT2D eigenvalue weighted by atomic mass is 10.1. The van der Waals surface area contributed by atoms with Crippen LogP contribution < -0.4 is 10.7 Å². The zero-order chi connectivity index (χ0) is 18.8.